The highest BCUT2D eigenvalue weighted by atomic mass is 16.5. The minimum absolute atomic E-state index is 0.0694. The molecule has 1 aromatic heterocycles. The molecule has 0 spiro atoms. The standard InChI is InChI=1S/C8H12N2O4/c11-4-6-14-5-3-10-7(12)1-2-9-8(10)13/h1-2,11H,3-6H2,(H,9,13). The molecule has 0 aliphatic carbocycles. The first-order valence-electron chi connectivity index (χ1n) is 4.23. The number of hydrogen-bond acceptors (Lipinski definition) is 4. The van der Waals surface area contributed by atoms with E-state index in [1.807, 2.05) is 0 Å². The number of aromatic amines is 1. The molecule has 14 heavy (non-hydrogen) atoms. The molecule has 2 N–H and O–H groups in total. The first-order chi connectivity index (χ1) is 6.75. The third-order valence-electron chi connectivity index (χ3n) is 1.64. The highest BCUT2D eigenvalue weighted by molar-refractivity contribution is 4.82. The van der Waals surface area contributed by atoms with Crippen LogP contribution in [-0.2, 0) is 11.3 Å². The van der Waals surface area contributed by atoms with E-state index in [1.54, 1.807) is 0 Å². The molecule has 1 heterocycles. The number of H-pyrrole nitrogens is 1. The van der Waals surface area contributed by atoms with Gasteiger partial charge in [0.15, 0.2) is 0 Å². The summed E-state index contributed by atoms with van der Waals surface area (Å²) in [6.07, 6.45) is 1.30. The first-order valence-corrected chi connectivity index (χ1v) is 4.23. The van der Waals surface area contributed by atoms with Crippen molar-refractivity contribution in [2.75, 3.05) is 19.8 Å². The van der Waals surface area contributed by atoms with Gasteiger partial charge in [-0.25, -0.2) is 4.79 Å². The summed E-state index contributed by atoms with van der Waals surface area (Å²) in [4.78, 5) is 24.6. The second kappa shape index (κ2) is 5.36. The first kappa shape index (κ1) is 10.7. The van der Waals surface area contributed by atoms with Gasteiger partial charge in [-0.15, -0.1) is 0 Å². The van der Waals surface area contributed by atoms with Crippen molar-refractivity contribution in [2.45, 2.75) is 6.54 Å². The number of aliphatic hydroxyl groups excluding tert-OH is 1. The molecule has 0 amide bonds. The second-order valence-corrected chi connectivity index (χ2v) is 2.61. The monoisotopic (exact) mass is 200 g/mol. The maximum atomic E-state index is 11.1. The normalized spacial score (nSPS) is 10.4. The largest absolute Gasteiger partial charge is 0.394 e. The van der Waals surface area contributed by atoms with Crippen molar-refractivity contribution in [1.29, 1.82) is 0 Å². The van der Waals surface area contributed by atoms with Gasteiger partial charge in [0.05, 0.1) is 26.4 Å². The maximum absolute atomic E-state index is 11.1. The molecule has 0 fully saturated rings. The molecule has 0 saturated heterocycles. The van der Waals surface area contributed by atoms with Crippen LogP contribution in [0.1, 0.15) is 0 Å². The predicted octanol–water partition coefficient (Wildman–Crippen LogP) is -1.45. The fourth-order valence-electron chi connectivity index (χ4n) is 0.986. The van der Waals surface area contributed by atoms with Gasteiger partial charge in [-0.3, -0.25) is 9.36 Å². The molecular formula is C8H12N2O4. The van der Waals surface area contributed by atoms with Gasteiger partial charge in [-0.1, -0.05) is 0 Å². The molecule has 0 radical (unpaired) electrons. The van der Waals surface area contributed by atoms with E-state index in [1.165, 1.54) is 12.3 Å². The smallest absolute Gasteiger partial charge is 0.328 e. The van der Waals surface area contributed by atoms with Gasteiger partial charge >= 0.3 is 5.69 Å². The van der Waals surface area contributed by atoms with Crippen LogP contribution in [0.2, 0.25) is 0 Å². The molecule has 0 aliphatic rings. The lowest BCUT2D eigenvalue weighted by Gasteiger charge is -2.03. The predicted molar refractivity (Wildman–Crippen MR) is 49.2 cm³/mol. The fourth-order valence-corrected chi connectivity index (χ4v) is 0.986. The van der Waals surface area contributed by atoms with Crippen LogP contribution in [0.3, 0.4) is 0 Å². The highest BCUT2D eigenvalue weighted by Crippen LogP contribution is 1.76. The molecule has 6 nitrogen and oxygen atoms in total. The van der Waals surface area contributed by atoms with Crippen molar-refractivity contribution in [1.82, 2.24) is 9.55 Å². The number of aliphatic hydroxyl groups is 1. The molecule has 0 atom stereocenters. The molecule has 0 bridgehead atoms. The van der Waals surface area contributed by atoms with Crippen molar-refractivity contribution in [2.24, 2.45) is 0 Å². The lowest BCUT2D eigenvalue weighted by atomic mass is 10.6. The van der Waals surface area contributed by atoms with Crippen molar-refractivity contribution in [3.63, 3.8) is 0 Å². The Bertz CT molecular complexity index is 353. The van der Waals surface area contributed by atoms with Crippen molar-refractivity contribution < 1.29 is 9.84 Å². The van der Waals surface area contributed by atoms with Crippen LogP contribution in [-0.4, -0.2) is 34.5 Å². The molecule has 0 unspecified atom stereocenters. The van der Waals surface area contributed by atoms with E-state index in [0.717, 1.165) is 4.57 Å². The van der Waals surface area contributed by atoms with E-state index in [2.05, 4.69) is 4.98 Å². The zero-order chi connectivity index (χ0) is 10.4. The lowest BCUT2D eigenvalue weighted by Crippen LogP contribution is -2.35. The van der Waals surface area contributed by atoms with Crippen LogP contribution in [0.5, 0.6) is 0 Å². The Morgan fingerprint density at radius 1 is 1.43 bits per heavy atom. The van der Waals surface area contributed by atoms with E-state index in [-0.39, 0.29) is 31.9 Å². The third kappa shape index (κ3) is 2.82. The van der Waals surface area contributed by atoms with Gasteiger partial charge < -0.3 is 14.8 Å². The molecule has 78 valence electrons. The van der Waals surface area contributed by atoms with Gasteiger partial charge in [0.1, 0.15) is 0 Å². The molecule has 6 heteroatoms. The average Bonchev–Trinajstić information content (AvgIpc) is 2.16. The molecule has 1 rings (SSSR count). The van der Waals surface area contributed by atoms with Gasteiger partial charge in [0.25, 0.3) is 5.56 Å². The Hall–Kier alpha value is -1.40. The minimum Gasteiger partial charge on any atom is -0.394 e. The summed E-state index contributed by atoms with van der Waals surface area (Å²) in [5, 5.41) is 8.41. The number of hydrogen-bond donors (Lipinski definition) is 2. The van der Waals surface area contributed by atoms with E-state index in [4.69, 9.17) is 9.84 Å². The Balaban J connectivity index is 2.59. The fraction of sp³-hybridized carbons (Fsp3) is 0.500. The van der Waals surface area contributed by atoms with Crippen LogP contribution >= 0.6 is 0 Å². The van der Waals surface area contributed by atoms with Crippen molar-refractivity contribution >= 4 is 0 Å². The molecule has 0 aliphatic heterocycles. The number of ether oxygens (including phenoxy) is 1. The third-order valence-corrected chi connectivity index (χ3v) is 1.64. The summed E-state index contributed by atoms with van der Waals surface area (Å²) >= 11 is 0. The quantitative estimate of drug-likeness (QED) is 0.569. The lowest BCUT2D eigenvalue weighted by molar-refractivity contribution is 0.0859. The second-order valence-electron chi connectivity index (χ2n) is 2.61. The van der Waals surface area contributed by atoms with Crippen molar-refractivity contribution in [3.8, 4) is 0 Å². The van der Waals surface area contributed by atoms with E-state index in [9.17, 15) is 9.59 Å². The Labute approximate surface area is 79.8 Å². The van der Waals surface area contributed by atoms with Gasteiger partial charge in [-0.2, -0.15) is 0 Å². The summed E-state index contributed by atoms with van der Waals surface area (Å²) in [7, 11) is 0. The number of nitrogens with zero attached hydrogens (tertiary/aromatic N) is 1. The maximum Gasteiger partial charge on any atom is 0.328 e. The molecule has 0 saturated carbocycles. The average molecular weight is 200 g/mol. The Morgan fingerprint density at radius 2 is 2.21 bits per heavy atom. The summed E-state index contributed by atoms with van der Waals surface area (Å²) in [5.41, 5.74) is -0.813. The highest BCUT2D eigenvalue weighted by Gasteiger charge is 1.98. The molecular weight excluding hydrogens is 188 g/mol. The topological polar surface area (TPSA) is 84.3 Å². The van der Waals surface area contributed by atoms with Crippen LogP contribution in [0.4, 0.5) is 0 Å². The SMILES string of the molecule is O=c1cc[nH]c(=O)n1CCOCCO. The minimum atomic E-state index is -0.454. The van der Waals surface area contributed by atoms with Gasteiger partial charge in [-0.05, 0) is 0 Å². The Morgan fingerprint density at radius 3 is 2.86 bits per heavy atom. The summed E-state index contributed by atoms with van der Waals surface area (Å²) in [6, 6.07) is 1.27. The van der Waals surface area contributed by atoms with Crippen LogP contribution in [0, 0.1) is 0 Å². The van der Waals surface area contributed by atoms with E-state index < -0.39 is 5.69 Å². The Kier molecular flexibility index (Phi) is 4.09. The van der Waals surface area contributed by atoms with Crippen LogP contribution in [0.15, 0.2) is 21.9 Å². The number of nitrogens with one attached hydrogen (secondary N) is 1. The van der Waals surface area contributed by atoms with Crippen LogP contribution < -0.4 is 11.2 Å². The van der Waals surface area contributed by atoms with Crippen molar-refractivity contribution in [3.05, 3.63) is 33.1 Å². The van der Waals surface area contributed by atoms with Gasteiger partial charge in [0.2, 0.25) is 0 Å². The van der Waals surface area contributed by atoms with E-state index in [0.29, 0.717) is 0 Å². The van der Waals surface area contributed by atoms with Gasteiger partial charge in [0, 0.05) is 12.3 Å². The summed E-state index contributed by atoms with van der Waals surface area (Å²) < 4.78 is 5.97. The summed E-state index contributed by atoms with van der Waals surface area (Å²) in [5.74, 6) is 0. The zero-order valence-electron chi connectivity index (χ0n) is 7.60. The zero-order valence-corrected chi connectivity index (χ0v) is 7.60. The van der Waals surface area contributed by atoms with Crippen LogP contribution in [0.25, 0.3) is 0 Å². The number of aromatic nitrogens is 2. The number of rotatable bonds is 5. The molecule has 0 aromatic carbocycles. The van der Waals surface area contributed by atoms with E-state index >= 15 is 0 Å². The summed E-state index contributed by atoms with van der Waals surface area (Å²) in [6.45, 7) is 0.558. The molecule has 1 aromatic rings.